The Labute approximate surface area is 99.6 Å². The molecule has 2 fully saturated rings. The highest BCUT2D eigenvalue weighted by Crippen LogP contribution is 2.31. The van der Waals surface area contributed by atoms with Gasteiger partial charge in [-0.2, -0.15) is 0 Å². The summed E-state index contributed by atoms with van der Waals surface area (Å²) in [6.45, 7) is 3.35. The molecule has 3 rings (SSSR count). The van der Waals surface area contributed by atoms with E-state index in [1.807, 2.05) is 0 Å². The summed E-state index contributed by atoms with van der Waals surface area (Å²) in [5, 5.41) is 0.360. The zero-order chi connectivity index (χ0) is 11.0. The van der Waals surface area contributed by atoms with Crippen molar-refractivity contribution in [1.29, 1.82) is 0 Å². The van der Waals surface area contributed by atoms with Gasteiger partial charge < -0.3 is 4.74 Å². The van der Waals surface area contributed by atoms with E-state index < -0.39 is 0 Å². The van der Waals surface area contributed by atoms with E-state index >= 15 is 0 Å². The predicted molar refractivity (Wildman–Crippen MR) is 60.6 cm³/mol. The van der Waals surface area contributed by atoms with E-state index in [9.17, 15) is 0 Å². The van der Waals surface area contributed by atoms with Gasteiger partial charge in [0.05, 0.1) is 0 Å². The minimum absolute atomic E-state index is 0.233. The van der Waals surface area contributed by atoms with E-state index in [1.165, 1.54) is 19.4 Å². The van der Waals surface area contributed by atoms with Gasteiger partial charge in [-0.1, -0.05) is 11.6 Å². The Morgan fingerprint density at radius 2 is 2.19 bits per heavy atom. The minimum atomic E-state index is 0.233. The third-order valence-electron chi connectivity index (χ3n) is 3.39. The highest BCUT2D eigenvalue weighted by molar-refractivity contribution is 6.30. The number of ether oxygens (including phenoxy) is 1. The van der Waals surface area contributed by atoms with Crippen LogP contribution in [0.1, 0.15) is 12.8 Å². The van der Waals surface area contributed by atoms with E-state index in [0.717, 1.165) is 13.1 Å². The molecule has 0 radical (unpaired) electrons. The SMILES string of the molecule is Clc1nccnc1O[C@@H]1CN2CCCC1C2. The summed E-state index contributed by atoms with van der Waals surface area (Å²) in [6, 6.07) is 0. The fraction of sp³-hybridized carbons (Fsp3) is 0.636. The summed E-state index contributed by atoms with van der Waals surface area (Å²) in [5.74, 6) is 1.11. The Bertz CT molecular complexity index is 387. The maximum Gasteiger partial charge on any atom is 0.252 e. The van der Waals surface area contributed by atoms with Crippen LogP contribution >= 0.6 is 11.6 Å². The van der Waals surface area contributed by atoms with Crippen molar-refractivity contribution in [3.63, 3.8) is 0 Å². The van der Waals surface area contributed by atoms with Gasteiger partial charge in [-0.25, -0.2) is 9.97 Å². The van der Waals surface area contributed by atoms with Gasteiger partial charge in [-0.3, -0.25) is 4.90 Å². The highest BCUT2D eigenvalue weighted by Gasteiger charge is 2.37. The first kappa shape index (κ1) is 10.3. The summed E-state index contributed by atoms with van der Waals surface area (Å²) in [6.07, 6.45) is 5.95. The maximum atomic E-state index is 5.93. The quantitative estimate of drug-likeness (QED) is 0.786. The number of aromatic nitrogens is 2. The van der Waals surface area contributed by atoms with Crippen molar-refractivity contribution in [3.05, 3.63) is 17.5 Å². The largest absolute Gasteiger partial charge is 0.470 e. The number of piperidine rings is 1. The molecule has 1 aromatic rings. The molecule has 16 heavy (non-hydrogen) atoms. The molecule has 2 aliphatic heterocycles. The van der Waals surface area contributed by atoms with Gasteiger partial charge in [-0.05, 0) is 19.4 Å². The van der Waals surface area contributed by atoms with Crippen LogP contribution in [0.2, 0.25) is 5.15 Å². The molecule has 2 aliphatic rings. The topological polar surface area (TPSA) is 38.3 Å². The first-order valence-electron chi connectivity index (χ1n) is 5.68. The average molecular weight is 240 g/mol. The molecule has 86 valence electrons. The number of fused-ring (bicyclic) bond motifs is 2. The van der Waals surface area contributed by atoms with E-state index in [4.69, 9.17) is 16.3 Å². The van der Waals surface area contributed by atoms with Crippen molar-refractivity contribution in [2.45, 2.75) is 18.9 Å². The molecule has 5 heteroatoms. The maximum absolute atomic E-state index is 5.93. The molecule has 3 heterocycles. The van der Waals surface area contributed by atoms with Crippen LogP contribution in [0.5, 0.6) is 5.88 Å². The second-order valence-electron chi connectivity index (χ2n) is 4.47. The Kier molecular flexibility index (Phi) is 2.69. The molecule has 4 nitrogen and oxygen atoms in total. The van der Waals surface area contributed by atoms with Crippen LogP contribution in [-0.4, -0.2) is 40.6 Å². The monoisotopic (exact) mass is 239 g/mol. The predicted octanol–water partition coefficient (Wildman–Crippen LogP) is 1.60. The van der Waals surface area contributed by atoms with Crippen LogP contribution in [0.25, 0.3) is 0 Å². The highest BCUT2D eigenvalue weighted by atomic mass is 35.5. The molecule has 0 aliphatic carbocycles. The average Bonchev–Trinajstić information content (AvgIpc) is 2.57. The summed E-state index contributed by atoms with van der Waals surface area (Å²) < 4.78 is 5.87. The first-order chi connectivity index (χ1) is 7.83. The van der Waals surface area contributed by atoms with Crippen LogP contribution in [0.3, 0.4) is 0 Å². The van der Waals surface area contributed by atoms with Crippen molar-refractivity contribution < 1.29 is 4.74 Å². The molecule has 2 saturated heterocycles. The summed E-state index contributed by atoms with van der Waals surface area (Å²) in [5.41, 5.74) is 0. The lowest BCUT2D eigenvalue weighted by atomic mass is 9.99. The molecule has 0 N–H and O–H groups in total. The summed E-state index contributed by atoms with van der Waals surface area (Å²) >= 11 is 5.93. The molecular weight excluding hydrogens is 226 g/mol. The molecule has 1 aromatic heterocycles. The van der Waals surface area contributed by atoms with E-state index in [-0.39, 0.29) is 6.10 Å². The zero-order valence-electron chi connectivity index (χ0n) is 8.97. The lowest BCUT2D eigenvalue weighted by Crippen LogP contribution is -2.26. The Balaban J connectivity index is 1.73. The minimum Gasteiger partial charge on any atom is -0.470 e. The van der Waals surface area contributed by atoms with Crippen molar-refractivity contribution in [1.82, 2.24) is 14.9 Å². The summed E-state index contributed by atoms with van der Waals surface area (Å²) in [4.78, 5) is 10.5. The van der Waals surface area contributed by atoms with Crippen molar-refractivity contribution in [3.8, 4) is 5.88 Å². The lowest BCUT2D eigenvalue weighted by Gasteiger charge is -2.21. The number of rotatable bonds is 2. The number of halogens is 1. The molecule has 0 spiro atoms. The van der Waals surface area contributed by atoms with Gasteiger partial charge in [0, 0.05) is 31.4 Å². The van der Waals surface area contributed by atoms with Gasteiger partial charge in [0.25, 0.3) is 5.88 Å². The second-order valence-corrected chi connectivity index (χ2v) is 4.83. The molecule has 0 aromatic carbocycles. The Morgan fingerprint density at radius 1 is 1.31 bits per heavy atom. The van der Waals surface area contributed by atoms with Crippen molar-refractivity contribution in [2.24, 2.45) is 5.92 Å². The van der Waals surface area contributed by atoms with Gasteiger partial charge in [0.2, 0.25) is 0 Å². The van der Waals surface area contributed by atoms with Crippen LogP contribution < -0.4 is 4.74 Å². The van der Waals surface area contributed by atoms with Crippen LogP contribution in [0, 0.1) is 5.92 Å². The smallest absolute Gasteiger partial charge is 0.252 e. The third kappa shape index (κ3) is 1.87. The van der Waals surface area contributed by atoms with Gasteiger partial charge in [-0.15, -0.1) is 0 Å². The Morgan fingerprint density at radius 3 is 3.00 bits per heavy atom. The molecular formula is C11H14ClN3O. The van der Waals surface area contributed by atoms with Crippen molar-refractivity contribution >= 4 is 11.6 Å². The van der Waals surface area contributed by atoms with Crippen LogP contribution in [0.4, 0.5) is 0 Å². The molecule has 0 amide bonds. The first-order valence-corrected chi connectivity index (χ1v) is 6.06. The fourth-order valence-electron chi connectivity index (χ4n) is 2.63. The Hall–Kier alpha value is -0.870. The van der Waals surface area contributed by atoms with Crippen LogP contribution in [-0.2, 0) is 0 Å². The van der Waals surface area contributed by atoms with Crippen molar-refractivity contribution in [2.75, 3.05) is 19.6 Å². The molecule has 3 atom stereocenters. The fourth-order valence-corrected chi connectivity index (χ4v) is 2.78. The van der Waals surface area contributed by atoms with Gasteiger partial charge in [0.15, 0.2) is 5.15 Å². The van der Waals surface area contributed by atoms with Gasteiger partial charge in [0.1, 0.15) is 6.10 Å². The standard InChI is InChI=1S/C11H14ClN3O/c12-10-11(14-4-3-13-10)16-9-7-15-5-1-2-8(9)6-15/h3-4,8-9H,1-2,5-7H2/t8?,9-/m1/s1. The van der Waals surface area contributed by atoms with E-state index in [1.54, 1.807) is 12.4 Å². The number of hydrogen-bond donors (Lipinski definition) is 0. The third-order valence-corrected chi connectivity index (χ3v) is 3.65. The lowest BCUT2D eigenvalue weighted by molar-refractivity contribution is 0.162. The normalized spacial score (nSPS) is 32.7. The van der Waals surface area contributed by atoms with E-state index in [2.05, 4.69) is 14.9 Å². The zero-order valence-corrected chi connectivity index (χ0v) is 9.73. The van der Waals surface area contributed by atoms with Gasteiger partial charge >= 0.3 is 0 Å². The number of hydrogen-bond acceptors (Lipinski definition) is 4. The molecule has 2 unspecified atom stereocenters. The second kappa shape index (κ2) is 4.18. The molecule has 0 saturated carbocycles. The van der Waals surface area contributed by atoms with E-state index in [0.29, 0.717) is 17.0 Å². The summed E-state index contributed by atoms with van der Waals surface area (Å²) in [7, 11) is 0. The van der Waals surface area contributed by atoms with Crippen LogP contribution in [0.15, 0.2) is 12.4 Å². The molecule has 2 bridgehead atoms. The number of nitrogens with zero attached hydrogens (tertiary/aromatic N) is 3.